The summed E-state index contributed by atoms with van der Waals surface area (Å²) in [7, 11) is 0. The molecule has 0 radical (unpaired) electrons. The lowest BCUT2D eigenvalue weighted by Gasteiger charge is -2.14. The molecule has 0 aromatic heterocycles. The molecule has 0 unspecified atom stereocenters. The summed E-state index contributed by atoms with van der Waals surface area (Å²) in [6.45, 7) is 1.57. The smallest absolute Gasteiger partial charge is 0.238 e. The van der Waals surface area contributed by atoms with Crippen molar-refractivity contribution in [3.8, 4) is 0 Å². The van der Waals surface area contributed by atoms with E-state index in [-0.39, 0.29) is 11.8 Å². The standard InChI is InChI=1S/C16H24N2O2S4/c19-13-11-23-15(21)17(13)9-7-5-3-1-2-4-6-8-10-18-14(20)12-24-16(18)22/h1-12H2. The number of thiocarbonyl (C=S) groups is 2. The molecule has 134 valence electrons. The zero-order chi connectivity index (χ0) is 17.4. The number of hydrogen-bond acceptors (Lipinski definition) is 6. The van der Waals surface area contributed by atoms with Gasteiger partial charge in [-0.3, -0.25) is 19.4 Å². The first-order chi connectivity index (χ1) is 11.6. The van der Waals surface area contributed by atoms with Crippen molar-refractivity contribution < 1.29 is 9.59 Å². The molecule has 2 aliphatic heterocycles. The zero-order valence-electron chi connectivity index (χ0n) is 13.8. The molecule has 0 atom stereocenters. The Kier molecular flexibility index (Phi) is 9.00. The van der Waals surface area contributed by atoms with E-state index in [0.717, 1.165) is 47.4 Å². The van der Waals surface area contributed by atoms with Crippen LogP contribution in [0, 0.1) is 0 Å². The number of amides is 2. The molecule has 0 spiro atoms. The molecule has 2 aliphatic rings. The largest absolute Gasteiger partial charge is 0.297 e. The Morgan fingerprint density at radius 1 is 0.667 bits per heavy atom. The lowest BCUT2D eigenvalue weighted by molar-refractivity contribution is -0.124. The Labute approximate surface area is 163 Å². The van der Waals surface area contributed by atoms with Crippen LogP contribution >= 0.6 is 48.0 Å². The van der Waals surface area contributed by atoms with Crippen LogP contribution in [0.4, 0.5) is 0 Å². The first-order valence-corrected chi connectivity index (χ1v) is 11.3. The molecule has 24 heavy (non-hydrogen) atoms. The summed E-state index contributed by atoms with van der Waals surface area (Å²) in [6, 6.07) is 0. The second-order valence-electron chi connectivity index (χ2n) is 6.03. The van der Waals surface area contributed by atoms with Crippen LogP contribution in [0.15, 0.2) is 0 Å². The summed E-state index contributed by atoms with van der Waals surface area (Å²) >= 11 is 13.3. The predicted octanol–water partition coefficient (Wildman–Crippen LogP) is 3.83. The van der Waals surface area contributed by atoms with Gasteiger partial charge in [-0.25, -0.2) is 0 Å². The minimum Gasteiger partial charge on any atom is -0.297 e. The van der Waals surface area contributed by atoms with Crippen LogP contribution in [-0.4, -0.2) is 54.9 Å². The molecule has 2 saturated heterocycles. The van der Waals surface area contributed by atoms with Gasteiger partial charge in [-0.05, 0) is 12.8 Å². The molecule has 2 rings (SSSR count). The molecule has 2 heterocycles. The topological polar surface area (TPSA) is 40.6 Å². The van der Waals surface area contributed by atoms with Gasteiger partial charge in [-0.2, -0.15) is 0 Å². The predicted molar refractivity (Wildman–Crippen MR) is 110 cm³/mol. The van der Waals surface area contributed by atoms with E-state index in [1.165, 1.54) is 49.2 Å². The van der Waals surface area contributed by atoms with Crippen molar-refractivity contribution in [2.45, 2.75) is 51.4 Å². The Morgan fingerprint density at radius 3 is 1.29 bits per heavy atom. The molecule has 0 saturated carbocycles. The number of carbonyl (C=O) groups is 2. The van der Waals surface area contributed by atoms with Gasteiger partial charge in [0.05, 0.1) is 11.5 Å². The second kappa shape index (κ2) is 10.7. The van der Waals surface area contributed by atoms with E-state index in [2.05, 4.69) is 0 Å². The molecule has 0 aromatic carbocycles. The molecule has 8 heteroatoms. The average Bonchev–Trinajstić information content (AvgIpc) is 3.05. The number of nitrogens with zero attached hydrogens (tertiary/aromatic N) is 2. The van der Waals surface area contributed by atoms with E-state index in [4.69, 9.17) is 24.4 Å². The molecule has 0 bridgehead atoms. The van der Waals surface area contributed by atoms with Crippen LogP contribution in [0.5, 0.6) is 0 Å². The van der Waals surface area contributed by atoms with Crippen LogP contribution in [-0.2, 0) is 9.59 Å². The normalized spacial score (nSPS) is 18.3. The van der Waals surface area contributed by atoms with Gasteiger partial charge in [-0.1, -0.05) is 86.5 Å². The van der Waals surface area contributed by atoms with Crippen molar-refractivity contribution in [2.75, 3.05) is 24.6 Å². The van der Waals surface area contributed by atoms with Gasteiger partial charge in [0.1, 0.15) is 8.64 Å². The van der Waals surface area contributed by atoms with Crippen LogP contribution in [0.25, 0.3) is 0 Å². The number of hydrogen-bond donors (Lipinski definition) is 0. The van der Waals surface area contributed by atoms with Crippen molar-refractivity contribution in [1.82, 2.24) is 9.80 Å². The quantitative estimate of drug-likeness (QED) is 0.385. The lowest BCUT2D eigenvalue weighted by Crippen LogP contribution is -2.29. The Balaban J connectivity index is 1.39. The third-order valence-electron chi connectivity index (χ3n) is 4.19. The minimum atomic E-state index is 0.166. The highest BCUT2D eigenvalue weighted by Gasteiger charge is 2.26. The van der Waals surface area contributed by atoms with Crippen molar-refractivity contribution in [3.63, 3.8) is 0 Å². The average molecular weight is 405 g/mol. The van der Waals surface area contributed by atoms with Gasteiger partial charge in [0.2, 0.25) is 11.8 Å². The van der Waals surface area contributed by atoms with Gasteiger partial charge in [-0.15, -0.1) is 0 Å². The van der Waals surface area contributed by atoms with Crippen molar-refractivity contribution >= 4 is 68.4 Å². The Hall–Kier alpha value is -0.180. The van der Waals surface area contributed by atoms with Crippen LogP contribution in [0.3, 0.4) is 0 Å². The number of unbranched alkanes of at least 4 members (excludes halogenated alkanes) is 7. The van der Waals surface area contributed by atoms with Gasteiger partial charge in [0.25, 0.3) is 0 Å². The van der Waals surface area contributed by atoms with Crippen LogP contribution in [0.2, 0.25) is 0 Å². The third kappa shape index (κ3) is 6.28. The molecule has 0 aromatic rings. The van der Waals surface area contributed by atoms with Crippen molar-refractivity contribution in [2.24, 2.45) is 0 Å². The van der Waals surface area contributed by atoms with Gasteiger partial charge < -0.3 is 0 Å². The van der Waals surface area contributed by atoms with E-state index >= 15 is 0 Å². The van der Waals surface area contributed by atoms with Crippen LogP contribution in [0.1, 0.15) is 51.4 Å². The van der Waals surface area contributed by atoms with E-state index in [9.17, 15) is 9.59 Å². The van der Waals surface area contributed by atoms with E-state index in [1.54, 1.807) is 9.80 Å². The monoisotopic (exact) mass is 404 g/mol. The van der Waals surface area contributed by atoms with E-state index in [1.807, 2.05) is 0 Å². The maximum Gasteiger partial charge on any atom is 0.238 e. The molecular formula is C16H24N2O2S4. The highest BCUT2D eigenvalue weighted by Crippen LogP contribution is 2.21. The lowest BCUT2D eigenvalue weighted by atomic mass is 10.1. The fourth-order valence-corrected chi connectivity index (χ4v) is 5.04. The maximum absolute atomic E-state index is 11.6. The number of thioether (sulfide) groups is 2. The summed E-state index contributed by atoms with van der Waals surface area (Å²) in [4.78, 5) is 26.6. The van der Waals surface area contributed by atoms with Crippen molar-refractivity contribution in [1.29, 1.82) is 0 Å². The van der Waals surface area contributed by atoms with Gasteiger partial charge in [0.15, 0.2) is 0 Å². The minimum absolute atomic E-state index is 0.166. The summed E-state index contributed by atoms with van der Waals surface area (Å²) in [5.74, 6) is 1.37. The molecule has 2 fully saturated rings. The molecule has 2 amide bonds. The number of carbonyl (C=O) groups excluding carboxylic acids is 2. The van der Waals surface area contributed by atoms with Gasteiger partial charge >= 0.3 is 0 Å². The molecule has 4 nitrogen and oxygen atoms in total. The Morgan fingerprint density at radius 2 is 1.00 bits per heavy atom. The third-order valence-corrected chi connectivity index (χ3v) is 7.06. The summed E-state index contributed by atoms with van der Waals surface area (Å²) in [5.41, 5.74) is 0. The maximum atomic E-state index is 11.6. The first-order valence-electron chi connectivity index (χ1n) is 8.54. The fraction of sp³-hybridized carbons (Fsp3) is 0.750. The molecule has 0 N–H and O–H groups in total. The Bertz CT molecular complexity index is 422. The first kappa shape index (κ1) is 20.1. The highest BCUT2D eigenvalue weighted by atomic mass is 32.2. The summed E-state index contributed by atoms with van der Waals surface area (Å²) in [5, 5.41) is 0. The van der Waals surface area contributed by atoms with Crippen molar-refractivity contribution in [3.05, 3.63) is 0 Å². The second-order valence-corrected chi connectivity index (χ2v) is 9.25. The molecular weight excluding hydrogens is 380 g/mol. The van der Waals surface area contributed by atoms with Crippen LogP contribution < -0.4 is 0 Å². The van der Waals surface area contributed by atoms with E-state index in [0.29, 0.717) is 11.5 Å². The zero-order valence-corrected chi connectivity index (χ0v) is 17.1. The fourth-order valence-electron chi connectivity index (χ4n) is 2.79. The number of rotatable bonds is 11. The highest BCUT2D eigenvalue weighted by molar-refractivity contribution is 8.24. The SMILES string of the molecule is O=C1CSC(=S)N1CCCCCCCCCCN1C(=O)CSC1=S. The summed E-state index contributed by atoms with van der Waals surface area (Å²) < 4.78 is 1.49. The van der Waals surface area contributed by atoms with E-state index < -0.39 is 0 Å². The van der Waals surface area contributed by atoms with Gasteiger partial charge in [0, 0.05) is 13.1 Å². The summed E-state index contributed by atoms with van der Waals surface area (Å²) in [6.07, 6.45) is 9.31. The molecule has 0 aliphatic carbocycles.